The maximum Gasteiger partial charge on any atom is 0.319 e. The second kappa shape index (κ2) is 7.60. The van der Waals surface area contributed by atoms with Crippen LogP contribution in [0.5, 0.6) is 5.88 Å². The number of carbonyl (C=O) groups excluding carboxylic acids is 1. The van der Waals surface area contributed by atoms with Gasteiger partial charge in [-0.2, -0.15) is 0 Å². The van der Waals surface area contributed by atoms with Crippen molar-refractivity contribution >= 4 is 21.7 Å². The molecule has 9 heteroatoms. The third-order valence-corrected chi connectivity index (χ3v) is 4.76. The van der Waals surface area contributed by atoms with E-state index in [-0.39, 0.29) is 12.6 Å². The van der Waals surface area contributed by atoms with E-state index >= 15 is 0 Å². The highest BCUT2D eigenvalue weighted by atomic mass is 32.2. The molecule has 1 saturated heterocycles. The molecule has 8 nitrogen and oxygen atoms in total. The fourth-order valence-electron chi connectivity index (χ4n) is 2.44. The summed E-state index contributed by atoms with van der Waals surface area (Å²) in [6.45, 7) is 3.06. The van der Waals surface area contributed by atoms with E-state index in [9.17, 15) is 13.2 Å². The van der Waals surface area contributed by atoms with Crippen LogP contribution in [0.3, 0.4) is 0 Å². The standard InChI is InChI=1S/C14H22N4O4S/c1-3-22-13-12(7-4-8-15-13)17-14(19)16-11-6-5-9-18(10-11)23(2,20)21/h4,7-8,11H,3,5-6,9-10H2,1-2H3,(H2,16,17,19)/t11-/m0/s1. The molecular formula is C14H22N4O4S. The topological polar surface area (TPSA) is 101 Å². The summed E-state index contributed by atoms with van der Waals surface area (Å²) in [5.41, 5.74) is 0.475. The molecular weight excluding hydrogens is 320 g/mol. The Bertz CT molecular complexity index is 650. The van der Waals surface area contributed by atoms with Gasteiger partial charge in [0.25, 0.3) is 0 Å². The molecule has 1 aliphatic rings. The maximum absolute atomic E-state index is 12.1. The van der Waals surface area contributed by atoms with E-state index in [0.717, 1.165) is 12.8 Å². The third-order valence-electron chi connectivity index (χ3n) is 3.49. The smallest absolute Gasteiger partial charge is 0.319 e. The normalized spacial score (nSPS) is 19.1. The molecule has 0 unspecified atom stereocenters. The van der Waals surface area contributed by atoms with Gasteiger partial charge in [-0.1, -0.05) is 0 Å². The number of hydrogen-bond donors (Lipinski definition) is 2. The van der Waals surface area contributed by atoms with Crippen LogP contribution in [0.25, 0.3) is 0 Å². The van der Waals surface area contributed by atoms with Crippen molar-refractivity contribution in [1.82, 2.24) is 14.6 Å². The van der Waals surface area contributed by atoms with E-state index < -0.39 is 16.1 Å². The molecule has 1 aromatic heterocycles. The Morgan fingerprint density at radius 1 is 1.52 bits per heavy atom. The third kappa shape index (κ3) is 5.07. The average Bonchev–Trinajstić information content (AvgIpc) is 2.49. The first-order valence-corrected chi connectivity index (χ1v) is 9.35. The fourth-order valence-corrected chi connectivity index (χ4v) is 3.35. The van der Waals surface area contributed by atoms with E-state index in [1.807, 2.05) is 6.92 Å². The van der Waals surface area contributed by atoms with E-state index in [1.54, 1.807) is 18.3 Å². The molecule has 0 aliphatic carbocycles. The van der Waals surface area contributed by atoms with E-state index in [4.69, 9.17) is 4.74 Å². The summed E-state index contributed by atoms with van der Waals surface area (Å²) in [6.07, 6.45) is 4.22. The van der Waals surface area contributed by atoms with Crippen LogP contribution in [-0.4, -0.2) is 55.7 Å². The first kappa shape index (κ1) is 17.5. The van der Waals surface area contributed by atoms with Crippen molar-refractivity contribution in [2.24, 2.45) is 0 Å². The van der Waals surface area contributed by atoms with Crippen LogP contribution < -0.4 is 15.4 Å². The molecule has 1 aliphatic heterocycles. The maximum atomic E-state index is 12.1. The second-order valence-corrected chi connectivity index (χ2v) is 7.33. The number of nitrogens with one attached hydrogen (secondary N) is 2. The zero-order valence-electron chi connectivity index (χ0n) is 13.3. The zero-order valence-corrected chi connectivity index (χ0v) is 14.1. The summed E-state index contributed by atoms with van der Waals surface area (Å²) in [4.78, 5) is 16.2. The van der Waals surface area contributed by atoms with Crippen molar-refractivity contribution in [1.29, 1.82) is 0 Å². The summed E-state index contributed by atoms with van der Waals surface area (Å²) >= 11 is 0. The SMILES string of the molecule is CCOc1ncccc1NC(=O)N[C@H]1CCCN(S(C)(=O)=O)C1. The minimum absolute atomic E-state index is 0.217. The average molecular weight is 342 g/mol. The van der Waals surface area contributed by atoms with Crippen LogP contribution in [-0.2, 0) is 10.0 Å². The number of urea groups is 1. The molecule has 2 N–H and O–H groups in total. The molecule has 1 fully saturated rings. The lowest BCUT2D eigenvalue weighted by molar-refractivity contribution is 0.236. The zero-order chi connectivity index (χ0) is 16.9. The first-order chi connectivity index (χ1) is 10.9. The number of carbonyl (C=O) groups is 1. The first-order valence-electron chi connectivity index (χ1n) is 7.50. The molecule has 0 radical (unpaired) electrons. The van der Waals surface area contributed by atoms with Crippen LogP contribution in [0.4, 0.5) is 10.5 Å². The van der Waals surface area contributed by atoms with Gasteiger partial charge in [0.15, 0.2) is 0 Å². The van der Waals surface area contributed by atoms with Crippen molar-refractivity contribution in [2.75, 3.05) is 31.3 Å². The number of sulfonamides is 1. The minimum Gasteiger partial charge on any atom is -0.476 e. The largest absolute Gasteiger partial charge is 0.476 e. The number of hydrogen-bond acceptors (Lipinski definition) is 5. The lowest BCUT2D eigenvalue weighted by Gasteiger charge is -2.31. The van der Waals surface area contributed by atoms with Crippen LogP contribution in [0.15, 0.2) is 18.3 Å². The van der Waals surface area contributed by atoms with Gasteiger partial charge in [0, 0.05) is 25.3 Å². The van der Waals surface area contributed by atoms with Crippen molar-refractivity contribution in [2.45, 2.75) is 25.8 Å². The quantitative estimate of drug-likeness (QED) is 0.832. The Hall–Kier alpha value is -1.87. The lowest BCUT2D eigenvalue weighted by atomic mass is 10.1. The molecule has 2 heterocycles. The molecule has 2 rings (SSSR count). The number of anilines is 1. The Labute approximate surface area is 136 Å². The van der Waals surface area contributed by atoms with Crippen LogP contribution >= 0.6 is 0 Å². The number of nitrogens with zero attached hydrogens (tertiary/aromatic N) is 2. The van der Waals surface area contributed by atoms with E-state index in [2.05, 4.69) is 15.6 Å². The summed E-state index contributed by atoms with van der Waals surface area (Å²) in [6, 6.07) is 2.77. The van der Waals surface area contributed by atoms with Crippen molar-refractivity contribution in [3.8, 4) is 5.88 Å². The molecule has 0 bridgehead atoms. The summed E-state index contributed by atoms with van der Waals surface area (Å²) in [5.74, 6) is 0.353. The van der Waals surface area contributed by atoms with Crippen LogP contribution in [0.1, 0.15) is 19.8 Å². The highest BCUT2D eigenvalue weighted by molar-refractivity contribution is 7.88. The molecule has 2 amide bonds. The summed E-state index contributed by atoms with van der Waals surface area (Å²) in [5, 5.41) is 5.49. The van der Waals surface area contributed by atoms with Gasteiger partial charge in [0.1, 0.15) is 5.69 Å². The van der Waals surface area contributed by atoms with Gasteiger partial charge >= 0.3 is 6.03 Å². The van der Waals surface area contributed by atoms with Crippen molar-refractivity contribution in [3.05, 3.63) is 18.3 Å². The Morgan fingerprint density at radius 3 is 3.00 bits per heavy atom. The highest BCUT2D eigenvalue weighted by Crippen LogP contribution is 2.20. The second-order valence-electron chi connectivity index (χ2n) is 5.35. The van der Waals surface area contributed by atoms with Crippen molar-refractivity contribution in [3.63, 3.8) is 0 Å². The van der Waals surface area contributed by atoms with Gasteiger partial charge in [0.05, 0.1) is 12.9 Å². The Balaban J connectivity index is 1.95. The minimum atomic E-state index is -3.24. The fraction of sp³-hybridized carbons (Fsp3) is 0.571. The predicted molar refractivity (Wildman–Crippen MR) is 87.0 cm³/mol. The predicted octanol–water partition coefficient (Wildman–Crippen LogP) is 1.03. The molecule has 128 valence electrons. The van der Waals surface area contributed by atoms with Crippen LogP contribution in [0, 0.1) is 0 Å². The number of pyridine rings is 1. The van der Waals surface area contributed by atoms with E-state index in [0.29, 0.717) is 24.7 Å². The van der Waals surface area contributed by atoms with Crippen molar-refractivity contribution < 1.29 is 17.9 Å². The number of ether oxygens (including phenoxy) is 1. The molecule has 23 heavy (non-hydrogen) atoms. The van der Waals surface area contributed by atoms with Gasteiger partial charge in [0.2, 0.25) is 15.9 Å². The molecule has 1 aromatic rings. The Morgan fingerprint density at radius 2 is 2.30 bits per heavy atom. The Kier molecular flexibility index (Phi) is 5.78. The number of aromatic nitrogens is 1. The number of rotatable bonds is 5. The molecule has 1 atom stereocenters. The monoisotopic (exact) mass is 342 g/mol. The molecule has 0 aromatic carbocycles. The highest BCUT2D eigenvalue weighted by Gasteiger charge is 2.26. The van der Waals surface area contributed by atoms with Gasteiger partial charge in [-0.25, -0.2) is 22.5 Å². The van der Waals surface area contributed by atoms with Gasteiger partial charge in [-0.3, -0.25) is 0 Å². The summed E-state index contributed by atoms with van der Waals surface area (Å²) < 4.78 is 29.9. The molecule has 0 saturated carbocycles. The van der Waals surface area contributed by atoms with Crippen LogP contribution in [0.2, 0.25) is 0 Å². The summed E-state index contributed by atoms with van der Waals surface area (Å²) in [7, 11) is -3.24. The molecule has 0 spiro atoms. The van der Waals surface area contributed by atoms with Gasteiger partial charge in [-0.15, -0.1) is 0 Å². The van der Waals surface area contributed by atoms with E-state index in [1.165, 1.54) is 10.6 Å². The number of amides is 2. The number of piperidine rings is 1. The van der Waals surface area contributed by atoms with Gasteiger partial charge < -0.3 is 15.4 Å². The lowest BCUT2D eigenvalue weighted by Crippen LogP contribution is -2.50. The van der Waals surface area contributed by atoms with Gasteiger partial charge in [-0.05, 0) is 31.9 Å².